The molecule has 15 heavy (non-hydrogen) atoms. The summed E-state index contributed by atoms with van der Waals surface area (Å²) in [5.41, 5.74) is 7.00. The normalized spacial score (nSPS) is 12.5. The highest BCUT2D eigenvalue weighted by Gasteiger charge is 2.01. The van der Waals surface area contributed by atoms with Crippen molar-refractivity contribution in [2.24, 2.45) is 5.73 Å². The maximum atomic E-state index is 5.79. The van der Waals surface area contributed by atoms with Gasteiger partial charge in [0.2, 0.25) is 0 Å². The van der Waals surface area contributed by atoms with Crippen LogP contribution in [0.2, 0.25) is 0 Å². The lowest BCUT2D eigenvalue weighted by molar-refractivity contribution is 0.178. The smallest absolute Gasteiger partial charge is 0.126 e. The van der Waals surface area contributed by atoms with Crippen LogP contribution < -0.4 is 11.1 Å². The molecule has 4 nitrogen and oxygen atoms in total. The molecule has 1 rings (SSSR count). The number of aryl methyl sites for hydroxylation is 1. The molecule has 0 aromatic carbocycles. The monoisotopic (exact) mass is 209 g/mol. The van der Waals surface area contributed by atoms with Gasteiger partial charge in [-0.05, 0) is 31.0 Å². The molecule has 1 atom stereocenters. The van der Waals surface area contributed by atoms with Gasteiger partial charge in [0.25, 0.3) is 0 Å². The fourth-order valence-electron chi connectivity index (χ4n) is 1.32. The molecule has 1 aromatic heterocycles. The Morgan fingerprint density at radius 1 is 1.60 bits per heavy atom. The molecule has 0 fully saturated rings. The Balaban J connectivity index is 2.25. The first-order valence-electron chi connectivity index (χ1n) is 5.13. The Morgan fingerprint density at radius 2 is 2.40 bits per heavy atom. The molecular weight excluding hydrogens is 190 g/mol. The average molecular weight is 209 g/mol. The van der Waals surface area contributed by atoms with Crippen molar-refractivity contribution < 1.29 is 4.74 Å². The number of hydrogen-bond acceptors (Lipinski definition) is 4. The van der Waals surface area contributed by atoms with Crippen LogP contribution in [0.1, 0.15) is 12.0 Å². The quantitative estimate of drug-likeness (QED) is 0.738. The van der Waals surface area contributed by atoms with E-state index in [1.165, 1.54) is 5.56 Å². The zero-order valence-electron chi connectivity index (χ0n) is 9.36. The second kappa shape index (κ2) is 6.37. The molecule has 4 heteroatoms. The number of rotatable bonds is 6. The summed E-state index contributed by atoms with van der Waals surface area (Å²) in [6.45, 7) is 3.47. The van der Waals surface area contributed by atoms with Gasteiger partial charge < -0.3 is 15.8 Å². The number of aromatic nitrogens is 1. The number of nitrogens with one attached hydrogen (secondary N) is 1. The molecule has 1 aromatic rings. The Labute approximate surface area is 90.8 Å². The SMILES string of the molecule is COCC(N)CCNc1cc(C)ccn1. The second-order valence-electron chi connectivity index (χ2n) is 3.65. The van der Waals surface area contributed by atoms with E-state index in [4.69, 9.17) is 10.5 Å². The van der Waals surface area contributed by atoms with Crippen LogP contribution in [0.25, 0.3) is 0 Å². The molecule has 84 valence electrons. The van der Waals surface area contributed by atoms with E-state index in [1.54, 1.807) is 13.3 Å². The number of ether oxygens (including phenoxy) is 1. The van der Waals surface area contributed by atoms with Crippen molar-refractivity contribution in [3.63, 3.8) is 0 Å². The van der Waals surface area contributed by atoms with Gasteiger partial charge in [-0.2, -0.15) is 0 Å². The number of hydrogen-bond donors (Lipinski definition) is 2. The van der Waals surface area contributed by atoms with Gasteiger partial charge >= 0.3 is 0 Å². The van der Waals surface area contributed by atoms with Crippen molar-refractivity contribution in [3.8, 4) is 0 Å². The van der Waals surface area contributed by atoms with E-state index in [2.05, 4.69) is 10.3 Å². The van der Waals surface area contributed by atoms with E-state index in [9.17, 15) is 0 Å². The van der Waals surface area contributed by atoms with Crippen LogP contribution in [-0.4, -0.2) is 31.3 Å². The molecule has 3 N–H and O–H groups in total. The molecule has 0 aliphatic rings. The lowest BCUT2D eigenvalue weighted by Gasteiger charge is -2.11. The third kappa shape index (κ3) is 4.76. The topological polar surface area (TPSA) is 60.2 Å². The van der Waals surface area contributed by atoms with Crippen LogP contribution in [-0.2, 0) is 4.74 Å². The minimum absolute atomic E-state index is 0.0901. The van der Waals surface area contributed by atoms with Crippen LogP contribution in [0.4, 0.5) is 5.82 Å². The predicted molar refractivity (Wildman–Crippen MR) is 61.9 cm³/mol. The van der Waals surface area contributed by atoms with Crippen LogP contribution in [0.5, 0.6) is 0 Å². The summed E-state index contributed by atoms with van der Waals surface area (Å²) in [6.07, 6.45) is 2.68. The van der Waals surface area contributed by atoms with E-state index in [0.717, 1.165) is 18.8 Å². The predicted octanol–water partition coefficient (Wildman–Crippen LogP) is 1.17. The van der Waals surface area contributed by atoms with Gasteiger partial charge in [0, 0.05) is 25.9 Å². The van der Waals surface area contributed by atoms with Crippen molar-refractivity contribution in [2.45, 2.75) is 19.4 Å². The van der Waals surface area contributed by atoms with Gasteiger partial charge in [-0.15, -0.1) is 0 Å². The molecule has 0 aliphatic heterocycles. The fourth-order valence-corrected chi connectivity index (χ4v) is 1.32. The van der Waals surface area contributed by atoms with E-state index in [-0.39, 0.29) is 6.04 Å². The molecule has 1 heterocycles. The number of methoxy groups -OCH3 is 1. The summed E-state index contributed by atoms with van der Waals surface area (Å²) < 4.78 is 4.96. The lowest BCUT2D eigenvalue weighted by Crippen LogP contribution is -2.28. The Bertz CT molecular complexity index is 291. The summed E-state index contributed by atoms with van der Waals surface area (Å²) >= 11 is 0. The molecule has 0 bridgehead atoms. The Kier molecular flexibility index (Phi) is 5.07. The molecular formula is C11H19N3O. The van der Waals surface area contributed by atoms with Gasteiger partial charge in [-0.1, -0.05) is 0 Å². The molecule has 0 saturated heterocycles. The Morgan fingerprint density at radius 3 is 3.07 bits per heavy atom. The lowest BCUT2D eigenvalue weighted by atomic mass is 10.2. The standard InChI is InChI=1S/C11H19N3O/c1-9-3-5-13-11(7-9)14-6-4-10(12)8-15-2/h3,5,7,10H,4,6,8,12H2,1-2H3,(H,13,14). The number of pyridine rings is 1. The molecule has 0 radical (unpaired) electrons. The molecule has 0 saturated carbocycles. The zero-order valence-corrected chi connectivity index (χ0v) is 9.36. The van der Waals surface area contributed by atoms with Crippen molar-refractivity contribution in [2.75, 3.05) is 25.6 Å². The number of anilines is 1. The minimum Gasteiger partial charge on any atom is -0.383 e. The summed E-state index contributed by atoms with van der Waals surface area (Å²) in [5, 5.41) is 3.23. The highest BCUT2D eigenvalue weighted by Crippen LogP contribution is 2.05. The van der Waals surface area contributed by atoms with E-state index in [1.807, 2.05) is 19.1 Å². The average Bonchev–Trinajstić information content (AvgIpc) is 2.18. The molecule has 0 amide bonds. The van der Waals surface area contributed by atoms with Gasteiger partial charge in [0.15, 0.2) is 0 Å². The third-order valence-electron chi connectivity index (χ3n) is 2.12. The summed E-state index contributed by atoms with van der Waals surface area (Å²) in [6, 6.07) is 4.08. The van der Waals surface area contributed by atoms with E-state index < -0.39 is 0 Å². The zero-order chi connectivity index (χ0) is 11.1. The van der Waals surface area contributed by atoms with Crippen LogP contribution >= 0.6 is 0 Å². The van der Waals surface area contributed by atoms with Crippen molar-refractivity contribution in [1.82, 2.24) is 4.98 Å². The number of nitrogens with zero attached hydrogens (tertiary/aromatic N) is 1. The first-order chi connectivity index (χ1) is 7.22. The first-order valence-corrected chi connectivity index (χ1v) is 5.13. The van der Waals surface area contributed by atoms with Gasteiger partial charge in [-0.3, -0.25) is 0 Å². The second-order valence-corrected chi connectivity index (χ2v) is 3.65. The fraction of sp³-hybridized carbons (Fsp3) is 0.545. The Hall–Kier alpha value is -1.13. The van der Waals surface area contributed by atoms with Crippen LogP contribution in [0, 0.1) is 6.92 Å². The highest BCUT2D eigenvalue weighted by atomic mass is 16.5. The van der Waals surface area contributed by atoms with Crippen molar-refractivity contribution >= 4 is 5.82 Å². The van der Waals surface area contributed by atoms with E-state index >= 15 is 0 Å². The maximum absolute atomic E-state index is 5.79. The number of nitrogens with two attached hydrogens (primary N) is 1. The largest absolute Gasteiger partial charge is 0.383 e. The molecule has 1 unspecified atom stereocenters. The first kappa shape index (κ1) is 11.9. The summed E-state index contributed by atoms with van der Waals surface area (Å²) in [4.78, 5) is 4.20. The molecule has 0 aliphatic carbocycles. The molecule has 0 spiro atoms. The van der Waals surface area contributed by atoms with Crippen molar-refractivity contribution in [3.05, 3.63) is 23.9 Å². The van der Waals surface area contributed by atoms with Gasteiger partial charge in [0.05, 0.1) is 6.61 Å². The van der Waals surface area contributed by atoms with Gasteiger partial charge in [-0.25, -0.2) is 4.98 Å². The third-order valence-corrected chi connectivity index (χ3v) is 2.12. The van der Waals surface area contributed by atoms with Crippen LogP contribution in [0.15, 0.2) is 18.3 Å². The minimum atomic E-state index is 0.0901. The summed E-state index contributed by atoms with van der Waals surface area (Å²) in [7, 11) is 1.66. The van der Waals surface area contributed by atoms with E-state index in [0.29, 0.717) is 6.61 Å². The highest BCUT2D eigenvalue weighted by molar-refractivity contribution is 5.36. The van der Waals surface area contributed by atoms with Crippen LogP contribution in [0.3, 0.4) is 0 Å². The maximum Gasteiger partial charge on any atom is 0.126 e. The van der Waals surface area contributed by atoms with Crippen molar-refractivity contribution in [1.29, 1.82) is 0 Å². The van der Waals surface area contributed by atoms with Gasteiger partial charge in [0.1, 0.15) is 5.82 Å². The summed E-state index contributed by atoms with van der Waals surface area (Å²) in [5.74, 6) is 0.902.